The summed E-state index contributed by atoms with van der Waals surface area (Å²) in [6.45, 7) is 4.47. The molecule has 0 aromatic heterocycles. The summed E-state index contributed by atoms with van der Waals surface area (Å²) in [6, 6.07) is 28.7. The Morgan fingerprint density at radius 2 is 1.58 bits per heavy atom. The molecule has 0 bridgehead atoms. The molecule has 1 atom stereocenters. The molecular weight excluding hydrogens is 452 g/mol. The molecule has 1 unspecified atom stereocenters. The van der Waals surface area contributed by atoms with Crippen LogP contribution in [-0.4, -0.2) is 41.9 Å². The number of benzene rings is 4. The Hall–Kier alpha value is -4.39. The van der Waals surface area contributed by atoms with Crippen LogP contribution in [0.4, 0.5) is 17.1 Å². The van der Waals surface area contributed by atoms with E-state index in [1.54, 1.807) is 12.1 Å². The fourth-order valence-corrected chi connectivity index (χ4v) is 4.80. The van der Waals surface area contributed by atoms with Crippen molar-refractivity contribution >= 4 is 33.7 Å². The molecule has 4 aromatic rings. The van der Waals surface area contributed by atoms with Crippen LogP contribution in [0.15, 0.2) is 91.0 Å². The van der Waals surface area contributed by atoms with Crippen molar-refractivity contribution in [2.75, 3.05) is 36.4 Å². The Morgan fingerprint density at radius 1 is 0.889 bits per heavy atom. The van der Waals surface area contributed by atoms with Gasteiger partial charge in [0.25, 0.3) is 11.6 Å². The Labute approximate surface area is 210 Å². The Bertz CT molecular complexity index is 1390. The van der Waals surface area contributed by atoms with Crippen LogP contribution in [0.5, 0.6) is 0 Å². The SMILES string of the molecule is CC(Nc1cc(N2CCN(C(=O)c3cccc4ccccc34)CC2)ccc1[N+](=O)[O-])c1ccccc1. The molecule has 36 heavy (non-hydrogen) atoms. The molecule has 1 aliphatic heterocycles. The van der Waals surface area contributed by atoms with Gasteiger partial charge in [-0.1, -0.05) is 66.7 Å². The van der Waals surface area contributed by atoms with Gasteiger partial charge in [0, 0.05) is 49.5 Å². The standard InChI is InChI=1S/C29H28N4O3/c1-21(22-8-3-2-4-9-22)30-27-20-24(14-15-28(27)33(35)36)31-16-18-32(19-17-31)29(34)26-13-7-11-23-10-5-6-12-25(23)26/h2-15,20-21,30H,16-19H2,1H3. The third-order valence-corrected chi connectivity index (χ3v) is 6.80. The first-order valence-electron chi connectivity index (χ1n) is 12.1. The summed E-state index contributed by atoms with van der Waals surface area (Å²) >= 11 is 0. The zero-order valence-electron chi connectivity index (χ0n) is 20.1. The summed E-state index contributed by atoms with van der Waals surface area (Å²) in [5.74, 6) is 0.0363. The summed E-state index contributed by atoms with van der Waals surface area (Å²) in [5.41, 5.74) is 3.21. The number of carbonyl (C=O) groups is 1. The van der Waals surface area contributed by atoms with E-state index in [4.69, 9.17) is 0 Å². The zero-order valence-corrected chi connectivity index (χ0v) is 20.1. The van der Waals surface area contributed by atoms with Crippen LogP contribution in [-0.2, 0) is 0 Å². The van der Waals surface area contributed by atoms with Crippen LogP contribution in [0.25, 0.3) is 10.8 Å². The average molecular weight is 481 g/mol. The molecule has 0 radical (unpaired) electrons. The van der Waals surface area contributed by atoms with Gasteiger partial charge in [-0.3, -0.25) is 14.9 Å². The van der Waals surface area contributed by atoms with Gasteiger partial charge in [0.1, 0.15) is 5.69 Å². The van der Waals surface area contributed by atoms with Crippen LogP contribution in [0.2, 0.25) is 0 Å². The Balaban J connectivity index is 1.31. The van der Waals surface area contributed by atoms with Gasteiger partial charge < -0.3 is 15.1 Å². The largest absolute Gasteiger partial charge is 0.373 e. The van der Waals surface area contributed by atoms with E-state index in [1.807, 2.05) is 90.7 Å². The summed E-state index contributed by atoms with van der Waals surface area (Å²) in [5, 5.41) is 17.0. The fourth-order valence-electron chi connectivity index (χ4n) is 4.80. The Kier molecular flexibility index (Phi) is 6.54. The van der Waals surface area contributed by atoms with Gasteiger partial charge in [-0.25, -0.2) is 0 Å². The number of anilines is 2. The first-order chi connectivity index (χ1) is 17.5. The van der Waals surface area contributed by atoms with Crippen molar-refractivity contribution in [3.05, 3.63) is 112 Å². The van der Waals surface area contributed by atoms with Crippen LogP contribution >= 0.6 is 0 Å². The lowest BCUT2D eigenvalue weighted by Crippen LogP contribution is -2.48. The summed E-state index contributed by atoms with van der Waals surface area (Å²) < 4.78 is 0. The number of nitrogens with zero attached hydrogens (tertiary/aromatic N) is 3. The van der Waals surface area contributed by atoms with Gasteiger partial charge in [-0.15, -0.1) is 0 Å². The first kappa shape index (κ1) is 23.4. The summed E-state index contributed by atoms with van der Waals surface area (Å²) in [6.07, 6.45) is 0. The lowest BCUT2D eigenvalue weighted by molar-refractivity contribution is -0.384. The van der Waals surface area contributed by atoms with Crippen molar-refractivity contribution in [2.24, 2.45) is 0 Å². The highest BCUT2D eigenvalue weighted by atomic mass is 16.6. The molecule has 1 saturated heterocycles. The molecule has 7 nitrogen and oxygen atoms in total. The summed E-state index contributed by atoms with van der Waals surface area (Å²) in [7, 11) is 0. The van der Waals surface area contributed by atoms with Gasteiger partial charge in [0.05, 0.1) is 4.92 Å². The number of carbonyl (C=O) groups excluding carboxylic acids is 1. The highest BCUT2D eigenvalue weighted by Gasteiger charge is 2.25. The second-order valence-corrected chi connectivity index (χ2v) is 9.04. The van der Waals surface area contributed by atoms with Gasteiger partial charge in [-0.05, 0) is 41.5 Å². The second-order valence-electron chi connectivity index (χ2n) is 9.04. The number of nitro groups is 1. The van der Waals surface area contributed by atoms with Crippen molar-refractivity contribution in [2.45, 2.75) is 13.0 Å². The predicted molar refractivity (Wildman–Crippen MR) is 144 cm³/mol. The molecule has 0 saturated carbocycles. The number of nitro benzene ring substituents is 1. The number of rotatable bonds is 6. The third-order valence-electron chi connectivity index (χ3n) is 6.80. The zero-order chi connectivity index (χ0) is 25.1. The lowest BCUT2D eigenvalue weighted by Gasteiger charge is -2.36. The van der Waals surface area contributed by atoms with Crippen LogP contribution in [0.1, 0.15) is 28.9 Å². The number of nitrogens with one attached hydrogen (secondary N) is 1. The third kappa shape index (κ3) is 4.73. The van der Waals surface area contributed by atoms with E-state index < -0.39 is 0 Å². The van der Waals surface area contributed by atoms with Crippen LogP contribution in [0, 0.1) is 10.1 Å². The smallest absolute Gasteiger partial charge is 0.292 e. The van der Waals surface area contributed by atoms with Gasteiger partial charge >= 0.3 is 0 Å². The average Bonchev–Trinajstić information content (AvgIpc) is 2.92. The van der Waals surface area contributed by atoms with E-state index in [9.17, 15) is 14.9 Å². The van der Waals surface area contributed by atoms with Crippen LogP contribution < -0.4 is 10.2 Å². The molecule has 7 heteroatoms. The normalized spacial score (nSPS) is 14.5. The molecule has 1 fully saturated rings. The number of piperazine rings is 1. The van der Waals surface area contributed by atoms with E-state index in [1.165, 1.54) is 0 Å². The number of hydrogen-bond donors (Lipinski definition) is 1. The fraction of sp³-hybridized carbons (Fsp3) is 0.207. The number of fused-ring (bicyclic) bond motifs is 1. The minimum atomic E-state index is -0.357. The maximum Gasteiger partial charge on any atom is 0.292 e. The monoisotopic (exact) mass is 480 g/mol. The molecule has 5 rings (SSSR count). The molecule has 1 aliphatic rings. The number of amides is 1. The molecule has 1 heterocycles. The van der Waals surface area contributed by atoms with Crippen molar-refractivity contribution in [1.29, 1.82) is 0 Å². The highest BCUT2D eigenvalue weighted by Crippen LogP contribution is 2.33. The molecular formula is C29H28N4O3. The lowest BCUT2D eigenvalue weighted by atomic mass is 10.0. The topological polar surface area (TPSA) is 78.7 Å². The van der Waals surface area contributed by atoms with E-state index in [2.05, 4.69) is 10.2 Å². The minimum absolute atomic E-state index is 0.0363. The molecule has 182 valence electrons. The van der Waals surface area contributed by atoms with Crippen LogP contribution in [0.3, 0.4) is 0 Å². The van der Waals surface area contributed by atoms with Crippen molar-refractivity contribution in [1.82, 2.24) is 4.90 Å². The quantitative estimate of drug-likeness (QED) is 0.275. The van der Waals surface area contributed by atoms with Gasteiger partial charge in [-0.2, -0.15) is 0 Å². The van der Waals surface area contributed by atoms with E-state index >= 15 is 0 Å². The number of hydrogen-bond acceptors (Lipinski definition) is 5. The predicted octanol–water partition coefficient (Wildman–Crippen LogP) is 5.88. The van der Waals surface area contributed by atoms with Crippen molar-refractivity contribution in [3.8, 4) is 0 Å². The maximum absolute atomic E-state index is 13.3. The first-order valence-corrected chi connectivity index (χ1v) is 12.1. The van der Waals surface area contributed by atoms with E-state index in [-0.39, 0.29) is 22.6 Å². The minimum Gasteiger partial charge on any atom is -0.373 e. The van der Waals surface area contributed by atoms with E-state index in [0.29, 0.717) is 31.9 Å². The summed E-state index contributed by atoms with van der Waals surface area (Å²) in [4.78, 5) is 28.7. The van der Waals surface area contributed by atoms with E-state index in [0.717, 1.165) is 27.6 Å². The molecule has 1 N–H and O–H groups in total. The van der Waals surface area contributed by atoms with Gasteiger partial charge in [0.15, 0.2) is 0 Å². The molecule has 0 spiro atoms. The highest BCUT2D eigenvalue weighted by molar-refractivity contribution is 6.07. The maximum atomic E-state index is 13.3. The van der Waals surface area contributed by atoms with Crippen molar-refractivity contribution in [3.63, 3.8) is 0 Å². The van der Waals surface area contributed by atoms with Crippen molar-refractivity contribution < 1.29 is 9.72 Å². The Morgan fingerprint density at radius 3 is 2.33 bits per heavy atom. The van der Waals surface area contributed by atoms with Gasteiger partial charge in [0.2, 0.25) is 0 Å². The second kappa shape index (κ2) is 10.1. The molecule has 0 aliphatic carbocycles. The molecule has 1 amide bonds. The molecule has 4 aromatic carbocycles.